The van der Waals surface area contributed by atoms with Crippen molar-refractivity contribution in [3.63, 3.8) is 0 Å². The highest BCUT2D eigenvalue weighted by Gasteiger charge is 2.27. The van der Waals surface area contributed by atoms with Crippen LogP contribution in [0.5, 0.6) is 0 Å². The van der Waals surface area contributed by atoms with Gasteiger partial charge in [0.25, 0.3) is 0 Å². The molecule has 0 aliphatic carbocycles. The normalized spacial score (nSPS) is 11.6. The van der Waals surface area contributed by atoms with Crippen molar-refractivity contribution in [3.8, 4) is 11.3 Å². The summed E-state index contributed by atoms with van der Waals surface area (Å²) in [5.74, 6) is 0. The molecule has 0 radical (unpaired) electrons. The maximum absolute atomic E-state index is 2.37. The van der Waals surface area contributed by atoms with Gasteiger partial charge in [0.1, 0.15) is 7.05 Å². The van der Waals surface area contributed by atoms with Crippen LogP contribution in [-0.2, 0) is 12.5 Å². The van der Waals surface area contributed by atoms with Gasteiger partial charge in [0.15, 0.2) is 6.20 Å². The first-order valence-corrected chi connectivity index (χ1v) is 7.17. The number of aryl methyl sites for hydroxylation is 1. The van der Waals surface area contributed by atoms with Crippen molar-refractivity contribution in [3.05, 3.63) is 54.2 Å². The summed E-state index contributed by atoms with van der Waals surface area (Å²) < 4.78 is 2.20. The van der Waals surface area contributed by atoms with Crippen molar-refractivity contribution in [1.29, 1.82) is 0 Å². The predicted molar refractivity (Wildman–Crippen MR) is 81.0 cm³/mol. The quantitative estimate of drug-likeness (QED) is 0.718. The minimum atomic E-state index is 0.249. The number of rotatable bonds is 4. The summed E-state index contributed by atoms with van der Waals surface area (Å²) in [5, 5.41) is 0. The van der Waals surface area contributed by atoms with Gasteiger partial charge in [-0.2, -0.15) is 0 Å². The third kappa shape index (κ3) is 2.56. The van der Waals surface area contributed by atoms with Crippen LogP contribution >= 0.6 is 0 Å². The van der Waals surface area contributed by atoms with Crippen molar-refractivity contribution in [2.24, 2.45) is 7.05 Å². The highest BCUT2D eigenvalue weighted by molar-refractivity contribution is 5.63. The molecule has 0 N–H and O–H groups in total. The van der Waals surface area contributed by atoms with Crippen LogP contribution in [0.25, 0.3) is 11.3 Å². The smallest absolute Gasteiger partial charge is 0.201 e. The van der Waals surface area contributed by atoms with E-state index in [0.29, 0.717) is 0 Å². The molecule has 1 aromatic heterocycles. The van der Waals surface area contributed by atoms with Gasteiger partial charge < -0.3 is 0 Å². The van der Waals surface area contributed by atoms with Crippen LogP contribution in [0.3, 0.4) is 0 Å². The number of hydrogen-bond donors (Lipinski definition) is 0. The van der Waals surface area contributed by atoms with Crippen molar-refractivity contribution >= 4 is 0 Å². The first kappa shape index (κ1) is 13.8. The van der Waals surface area contributed by atoms with Gasteiger partial charge in [-0.1, -0.05) is 39.0 Å². The minimum absolute atomic E-state index is 0.249. The fraction of sp³-hybridized carbons (Fsp3) is 0.389. The molecule has 0 bridgehead atoms. The summed E-state index contributed by atoms with van der Waals surface area (Å²) in [7, 11) is 2.11. The molecule has 0 aliphatic heterocycles. The lowest BCUT2D eigenvalue weighted by Crippen LogP contribution is -2.31. The van der Waals surface area contributed by atoms with Gasteiger partial charge in [0.05, 0.1) is 0 Å². The van der Waals surface area contributed by atoms with Crippen LogP contribution in [0, 0.1) is 0 Å². The largest absolute Gasteiger partial charge is 0.212 e. The Bertz CT molecular complexity index is 553. The molecule has 0 unspecified atom stereocenters. The van der Waals surface area contributed by atoms with Crippen LogP contribution in [0.4, 0.5) is 0 Å². The van der Waals surface area contributed by atoms with Crippen LogP contribution in [0.2, 0.25) is 0 Å². The second-order valence-corrected chi connectivity index (χ2v) is 5.51. The monoisotopic (exact) mass is 254 g/mol. The number of nitrogens with zero attached hydrogens (tertiary/aromatic N) is 1. The Morgan fingerprint density at radius 3 is 2.21 bits per heavy atom. The van der Waals surface area contributed by atoms with Crippen LogP contribution in [0.15, 0.2) is 48.7 Å². The van der Waals surface area contributed by atoms with Crippen LogP contribution in [-0.4, -0.2) is 0 Å². The number of pyridine rings is 1. The summed E-state index contributed by atoms with van der Waals surface area (Å²) in [6.45, 7) is 6.94. The predicted octanol–water partition coefficient (Wildman–Crippen LogP) is 4.26. The summed E-state index contributed by atoms with van der Waals surface area (Å²) in [5.41, 5.74) is 4.35. The number of aromatic nitrogens is 1. The topological polar surface area (TPSA) is 3.88 Å². The van der Waals surface area contributed by atoms with Gasteiger partial charge in [-0.15, -0.1) is 0 Å². The number of benzene rings is 1. The van der Waals surface area contributed by atoms with E-state index in [1.54, 1.807) is 0 Å². The summed E-state index contributed by atoms with van der Waals surface area (Å²) in [6, 6.07) is 15.2. The maximum atomic E-state index is 2.37. The molecule has 2 rings (SSSR count). The summed E-state index contributed by atoms with van der Waals surface area (Å²) in [4.78, 5) is 0. The molecule has 0 amide bonds. The Balaban J connectivity index is 2.63. The average Bonchev–Trinajstić information content (AvgIpc) is 2.47. The van der Waals surface area contributed by atoms with E-state index in [9.17, 15) is 0 Å². The molecule has 0 fully saturated rings. The highest BCUT2D eigenvalue weighted by atomic mass is 14.9. The maximum Gasteiger partial charge on any atom is 0.212 e. The van der Waals surface area contributed by atoms with E-state index >= 15 is 0 Å². The van der Waals surface area contributed by atoms with Gasteiger partial charge in [0, 0.05) is 17.7 Å². The van der Waals surface area contributed by atoms with Crippen LogP contribution < -0.4 is 4.57 Å². The number of hydrogen-bond acceptors (Lipinski definition) is 0. The minimum Gasteiger partial charge on any atom is -0.201 e. The van der Waals surface area contributed by atoms with E-state index in [1.807, 2.05) is 0 Å². The molecular weight excluding hydrogens is 230 g/mol. The Kier molecular flexibility index (Phi) is 4.04. The zero-order valence-corrected chi connectivity index (χ0v) is 12.5. The third-order valence-electron chi connectivity index (χ3n) is 4.47. The fourth-order valence-electron chi connectivity index (χ4n) is 2.67. The third-order valence-corrected chi connectivity index (χ3v) is 4.47. The van der Waals surface area contributed by atoms with E-state index in [-0.39, 0.29) is 5.41 Å². The molecule has 100 valence electrons. The van der Waals surface area contributed by atoms with Gasteiger partial charge >= 0.3 is 0 Å². The standard InChI is InChI=1S/C18H24N/c1-5-18(3,6-2)16-12-8-7-11-15(16)17-13-9-10-14-19(17)4/h7-14H,5-6H2,1-4H3/q+1. The van der Waals surface area contributed by atoms with E-state index in [2.05, 4.69) is 81.0 Å². The van der Waals surface area contributed by atoms with E-state index in [1.165, 1.54) is 16.8 Å². The summed E-state index contributed by atoms with van der Waals surface area (Å²) in [6.07, 6.45) is 4.44. The van der Waals surface area contributed by atoms with E-state index < -0.39 is 0 Å². The molecule has 1 heteroatoms. The van der Waals surface area contributed by atoms with Gasteiger partial charge in [0.2, 0.25) is 5.69 Å². The first-order valence-electron chi connectivity index (χ1n) is 7.17. The lowest BCUT2D eigenvalue weighted by Gasteiger charge is -2.29. The zero-order valence-electron chi connectivity index (χ0n) is 12.5. The second-order valence-electron chi connectivity index (χ2n) is 5.51. The van der Waals surface area contributed by atoms with Crippen molar-refractivity contribution in [1.82, 2.24) is 0 Å². The lowest BCUT2D eigenvalue weighted by molar-refractivity contribution is -0.660. The molecule has 0 saturated heterocycles. The molecular formula is C18H24N+. The fourth-order valence-corrected chi connectivity index (χ4v) is 2.67. The van der Waals surface area contributed by atoms with Gasteiger partial charge in [-0.3, -0.25) is 0 Å². The van der Waals surface area contributed by atoms with Gasteiger partial charge in [-0.05, 0) is 36.0 Å². The van der Waals surface area contributed by atoms with Crippen molar-refractivity contribution in [2.75, 3.05) is 0 Å². The molecule has 1 nitrogen and oxygen atoms in total. The molecule has 1 aromatic carbocycles. The van der Waals surface area contributed by atoms with Crippen molar-refractivity contribution in [2.45, 2.75) is 39.0 Å². The lowest BCUT2D eigenvalue weighted by atomic mass is 9.75. The summed E-state index contributed by atoms with van der Waals surface area (Å²) >= 11 is 0. The van der Waals surface area contributed by atoms with E-state index in [0.717, 1.165) is 12.8 Å². The molecule has 2 aromatic rings. The Labute approximate surface area is 116 Å². The molecule has 0 atom stereocenters. The van der Waals surface area contributed by atoms with Gasteiger partial charge in [-0.25, -0.2) is 4.57 Å². The highest BCUT2D eigenvalue weighted by Crippen LogP contribution is 2.36. The Morgan fingerprint density at radius 2 is 1.58 bits per heavy atom. The van der Waals surface area contributed by atoms with Crippen molar-refractivity contribution < 1.29 is 4.57 Å². The van der Waals surface area contributed by atoms with Crippen LogP contribution in [0.1, 0.15) is 39.2 Å². The zero-order chi connectivity index (χ0) is 13.9. The molecule has 19 heavy (non-hydrogen) atoms. The molecule has 1 heterocycles. The van der Waals surface area contributed by atoms with E-state index in [4.69, 9.17) is 0 Å². The average molecular weight is 254 g/mol. The Morgan fingerprint density at radius 1 is 0.947 bits per heavy atom. The molecule has 0 aliphatic rings. The first-order chi connectivity index (χ1) is 9.12. The SMILES string of the molecule is CCC(C)(CC)c1ccccc1-c1cccc[n+]1C. The molecule has 0 spiro atoms. The second kappa shape index (κ2) is 5.56. The Hall–Kier alpha value is -1.63. The molecule has 0 saturated carbocycles.